The minimum absolute atomic E-state index is 0.239. The third-order valence-electron chi connectivity index (χ3n) is 7.41. The van der Waals surface area contributed by atoms with Crippen molar-refractivity contribution in [2.45, 2.75) is 49.7 Å². The normalized spacial score (nSPS) is 42.3. The van der Waals surface area contributed by atoms with Gasteiger partial charge in [-0.2, -0.15) is 5.26 Å². The summed E-state index contributed by atoms with van der Waals surface area (Å²) >= 11 is 1.25. The van der Waals surface area contributed by atoms with E-state index in [-0.39, 0.29) is 22.1 Å². The number of nitriles is 1. The molecule has 6 rings (SSSR count). The number of ketones is 1. The molecule has 1 unspecified atom stereocenters. The van der Waals surface area contributed by atoms with Gasteiger partial charge in [-0.1, -0.05) is 23.9 Å². The summed E-state index contributed by atoms with van der Waals surface area (Å²) < 4.78 is 13.9. The molecule has 3 nitrogen and oxygen atoms in total. The van der Waals surface area contributed by atoms with Gasteiger partial charge in [0.2, 0.25) is 0 Å². The number of thioether (sulfide) groups is 1. The van der Waals surface area contributed by atoms with E-state index in [9.17, 15) is 14.4 Å². The Morgan fingerprint density at radius 1 is 1.19 bits per heavy atom. The fourth-order valence-electron chi connectivity index (χ4n) is 6.77. The summed E-state index contributed by atoms with van der Waals surface area (Å²) in [6.07, 6.45) is 6.76. The van der Waals surface area contributed by atoms with Crippen LogP contribution in [0.5, 0.6) is 0 Å². The number of hydrogen-bond acceptors (Lipinski definition) is 4. The van der Waals surface area contributed by atoms with Gasteiger partial charge in [-0.05, 0) is 74.0 Å². The first-order chi connectivity index (χ1) is 13.0. The van der Waals surface area contributed by atoms with E-state index in [2.05, 4.69) is 6.07 Å². The van der Waals surface area contributed by atoms with E-state index in [1.807, 2.05) is 0 Å². The predicted molar refractivity (Wildman–Crippen MR) is 103 cm³/mol. The third kappa shape index (κ3) is 2.68. The first-order valence-corrected chi connectivity index (χ1v) is 10.8. The predicted octanol–water partition coefficient (Wildman–Crippen LogP) is 4.93. The van der Waals surface area contributed by atoms with Gasteiger partial charge in [0.15, 0.2) is 5.78 Å². The SMILES string of the molecule is N#CC1C(=N)S[C@@H](C(=O)C23CC4CC(CC(C4)C2)C3)[C@H]1c1cccc(F)c1. The number of carbonyl (C=O) groups excluding carboxylic acids is 1. The molecule has 1 aromatic carbocycles. The number of carbonyl (C=O) groups is 1. The molecule has 1 heterocycles. The monoisotopic (exact) mass is 382 g/mol. The molecule has 5 aliphatic rings. The van der Waals surface area contributed by atoms with Gasteiger partial charge in [0.25, 0.3) is 0 Å². The summed E-state index contributed by atoms with van der Waals surface area (Å²) in [5, 5.41) is 17.8. The molecular formula is C22H23FN2OS. The minimum atomic E-state index is -0.653. The van der Waals surface area contributed by atoms with Crippen molar-refractivity contribution >= 4 is 22.6 Å². The highest BCUT2D eigenvalue weighted by Crippen LogP contribution is 2.62. The molecule has 0 radical (unpaired) electrons. The fourth-order valence-corrected chi connectivity index (χ4v) is 8.21. The van der Waals surface area contributed by atoms with Gasteiger partial charge in [-0.15, -0.1) is 0 Å². The highest BCUT2D eigenvalue weighted by Gasteiger charge is 2.58. The quantitative estimate of drug-likeness (QED) is 0.806. The van der Waals surface area contributed by atoms with Crippen LogP contribution in [-0.4, -0.2) is 16.1 Å². The summed E-state index contributed by atoms with van der Waals surface area (Å²) in [7, 11) is 0. The largest absolute Gasteiger partial charge is 0.298 e. The van der Waals surface area contributed by atoms with Crippen LogP contribution in [0.1, 0.15) is 50.0 Å². The molecule has 1 aromatic rings. The molecule has 4 bridgehead atoms. The molecule has 27 heavy (non-hydrogen) atoms. The van der Waals surface area contributed by atoms with Gasteiger partial charge in [0, 0.05) is 11.3 Å². The zero-order chi connectivity index (χ0) is 18.8. The van der Waals surface area contributed by atoms with Crippen LogP contribution in [0.25, 0.3) is 0 Å². The van der Waals surface area contributed by atoms with Crippen molar-refractivity contribution < 1.29 is 9.18 Å². The summed E-state index contributed by atoms with van der Waals surface area (Å²) in [6.45, 7) is 0. The zero-order valence-corrected chi connectivity index (χ0v) is 16.0. The maximum Gasteiger partial charge on any atom is 0.153 e. The average molecular weight is 383 g/mol. The number of hydrogen-bond donors (Lipinski definition) is 1. The number of halogens is 1. The van der Waals surface area contributed by atoms with Crippen molar-refractivity contribution in [3.8, 4) is 6.07 Å². The molecule has 3 atom stereocenters. The first kappa shape index (κ1) is 17.4. The third-order valence-corrected chi connectivity index (χ3v) is 8.68. The average Bonchev–Trinajstić information content (AvgIpc) is 2.96. The summed E-state index contributed by atoms with van der Waals surface area (Å²) in [5.41, 5.74) is 0.419. The number of nitrogens with zero attached hydrogens (tertiary/aromatic N) is 1. The van der Waals surface area contributed by atoms with Gasteiger partial charge >= 0.3 is 0 Å². The van der Waals surface area contributed by atoms with Crippen molar-refractivity contribution in [1.29, 1.82) is 10.7 Å². The summed E-state index contributed by atoms with van der Waals surface area (Å²) in [5.74, 6) is 0.835. The van der Waals surface area contributed by atoms with E-state index < -0.39 is 17.1 Å². The Morgan fingerprint density at radius 3 is 2.37 bits per heavy atom. The standard InChI is InChI=1S/C22H23FN2OS/c23-16-3-1-2-15(7-16)18-17(11-24)21(25)27-19(18)20(26)22-8-12-4-13(9-22)6-14(5-12)10-22/h1-3,7,12-14,17-19,25H,4-6,8-10H2/t12?,13?,14?,17?,18-,19+,22?/m0/s1. The van der Waals surface area contributed by atoms with Crippen LogP contribution in [0.3, 0.4) is 0 Å². The smallest absolute Gasteiger partial charge is 0.153 e. The van der Waals surface area contributed by atoms with Crippen molar-refractivity contribution in [3.05, 3.63) is 35.6 Å². The van der Waals surface area contributed by atoms with E-state index in [1.165, 1.54) is 43.2 Å². The highest BCUT2D eigenvalue weighted by molar-refractivity contribution is 8.15. The van der Waals surface area contributed by atoms with Crippen LogP contribution in [0.15, 0.2) is 24.3 Å². The van der Waals surface area contributed by atoms with E-state index in [1.54, 1.807) is 12.1 Å². The van der Waals surface area contributed by atoms with Crippen LogP contribution < -0.4 is 0 Å². The van der Waals surface area contributed by atoms with Gasteiger partial charge in [0.05, 0.1) is 16.4 Å². The van der Waals surface area contributed by atoms with Gasteiger partial charge in [-0.3, -0.25) is 10.2 Å². The van der Waals surface area contributed by atoms with Crippen LogP contribution in [-0.2, 0) is 4.79 Å². The van der Waals surface area contributed by atoms with Crippen molar-refractivity contribution in [2.24, 2.45) is 29.1 Å². The molecule has 5 heteroatoms. The second-order valence-electron chi connectivity index (χ2n) is 9.15. The van der Waals surface area contributed by atoms with Crippen LogP contribution in [0.2, 0.25) is 0 Å². The summed E-state index contributed by atoms with van der Waals surface area (Å²) in [6, 6.07) is 8.48. The molecule has 1 saturated heterocycles. The van der Waals surface area contributed by atoms with Crippen LogP contribution in [0, 0.1) is 51.6 Å². The maximum absolute atomic E-state index is 13.9. The van der Waals surface area contributed by atoms with Gasteiger partial charge in [-0.25, -0.2) is 4.39 Å². The minimum Gasteiger partial charge on any atom is -0.298 e. The first-order valence-electron chi connectivity index (χ1n) is 9.93. The highest BCUT2D eigenvalue weighted by atomic mass is 32.2. The van der Waals surface area contributed by atoms with E-state index in [0.29, 0.717) is 23.3 Å². The molecule has 5 fully saturated rings. The van der Waals surface area contributed by atoms with Crippen LogP contribution in [0.4, 0.5) is 4.39 Å². The topological polar surface area (TPSA) is 64.7 Å². The molecule has 4 saturated carbocycles. The van der Waals surface area contributed by atoms with E-state index in [4.69, 9.17) is 5.41 Å². The molecule has 4 aliphatic carbocycles. The molecule has 0 amide bonds. The number of nitrogens with one attached hydrogen (secondary N) is 1. The molecule has 1 aliphatic heterocycles. The lowest BCUT2D eigenvalue weighted by Gasteiger charge is -2.56. The Morgan fingerprint density at radius 2 is 1.81 bits per heavy atom. The molecular weight excluding hydrogens is 359 g/mol. The van der Waals surface area contributed by atoms with Gasteiger partial charge in [0.1, 0.15) is 11.7 Å². The van der Waals surface area contributed by atoms with Crippen molar-refractivity contribution in [1.82, 2.24) is 0 Å². The Labute approximate surface area is 163 Å². The molecule has 1 N–H and O–H groups in total. The maximum atomic E-state index is 13.9. The Balaban J connectivity index is 1.52. The second-order valence-corrected chi connectivity index (χ2v) is 10.3. The van der Waals surface area contributed by atoms with E-state index >= 15 is 0 Å². The molecule has 0 aromatic heterocycles. The Hall–Kier alpha value is -1.67. The van der Waals surface area contributed by atoms with E-state index in [0.717, 1.165) is 19.3 Å². The zero-order valence-electron chi connectivity index (χ0n) is 15.2. The number of rotatable bonds is 3. The lowest BCUT2D eigenvalue weighted by molar-refractivity contribution is -0.143. The lowest BCUT2D eigenvalue weighted by Crippen LogP contribution is -2.52. The van der Waals surface area contributed by atoms with Gasteiger partial charge < -0.3 is 0 Å². The fraction of sp³-hybridized carbons (Fsp3) is 0.591. The summed E-state index contributed by atoms with van der Waals surface area (Å²) in [4.78, 5) is 13.9. The lowest BCUT2D eigenvalue weighted by atomic mass is 9.48. The molecule has 0 spiro atoms. The Kier molecular flexibility index (Phi) is 3.98. The Bertz CT molecular complexity index is 825. The number of benzene rings is 1. The van der Waals surface area contributed by atoms with Crippen molar-refractivity contribution in [3.63, 3.8) is 0 Å². The van der Waals surface area contributed by atoms with Crippen molar-refractivity contribution in [2.75, 3.05) is 0 Å². The van der Waals surface area contributed by atoms with Crippen LogP contribution >= 0.6 is 11.8 Å². The second kappa shape index (κ2) is 6.17. The molecule has 140 valence electrons. The number of Topliss-reactive ketones (excluding diaryl/α,β-unsaturated/α-hetero) is 1.